The summed E-state index contributed by atoms with van der Waals surface area (Å²) in [6.07, 6.45) is 1.06. The van der Waals surface area contributed by atoms with Crippen LogP contribution in [-0.2, 0) is 11.2 Å². The number of benzene rings is 1. The summed E-state index contributed by atoms with van der Waals surface area (Å²) in [6, 6.07) is 9.86. The van der Waals surface area contributed by atoms with Gasteiger partial charge >= 0.3 is 0 Å². The lowest BCUT2D eigenvalue weighted by atomic mass is 10.1. The largest absolute Gasteiger partial charge is 0.304 e. The van der Waals surface area contributed by atoms with Crippen molar-refractivity contribution in [2.24, 2.45) is 0 Å². The molecule has 138 valence electrons. The van der Waals surface area contributed by atoms with Gasteiger partial charge in [0.2, 0.25) is 5.91 Å². The van der Waals surface area contributed by atoms with Gasteiger partial charge < -0.3 is 10.2 Å². The molecule has 0 atom stereocenters. The summed E-state index contributed by atoms with van der Waals surface area (Å²) in [7, 11) is 2.06. The predicted octanol–water partition coefficient (Wildman–Crippen LogP) is 1.61. The number of aromatic nitrogens is 1. The molecule has 1 aliphatic rings. The molecule has 1 saturated heterocycles. The Morgan fingerprint density at radius 2 is 1.88 bits per heavy atom. The van der Waals surface area contributed by atoms with Crippen molar-refractivity contribution in [3.05, 3.63) is 47.0 Å². The molecule has 1 aliphatic heterocycles. The smallest absolute Gasteiger partial charge is 0.285 e. The van der Waals surface area contributed by atoms with Crippen molar-refractivity contribution in [1.82, 2.24) is 20.3 Å². The van der Waals surface area contributed by atoms with E-state index in [0.29, 0.717) is 23.7 Å². The van der Waals surface area contributed by atoms with Gasteiger partial charge in [0.05, 0.1) is 0 Å². The van der Waals surface area contributed by atoms with Gasteiger partial charge in [-0.25, -0.2) is 9.99 Å². The molecule has 0 saturated carbocycles. The molecule has 0 unspecified atom stereocenters. The van der Waals surface area contributed by atoms with Gasteiger partial charge in [-0.15, -0.1) is 11.3 Å². The number of carbonyl (C=O) groups is 2. The van der Waals surface area contributed by atoms with Crippen molar-refractivity contribution in [3.8, 4) is 0 Å². The Morgan fingerprint density at radius 1 is 1.15 bits per heavy atom. The van der Waals surface area contributed by atoms with E-state index in [0.717, 1.165) is 31.7 Å². The van der Waals surface area contributed by atoms with E-state index in [4.69, 9.17) is 0 Å². The maximum Gasteiger partial charge on any atom is 0.285 e. The molecule has 0 aliphatic carbocycles. The first-order valence-electron chi connectivity index (χ1n) is 8.64. The number of thiazole rings is 1. The van der Waals surface area contributed by atoms with Gasteiger partial charge in [-0.2, -0.15) is 0 Å². The van der Waals surface area contributed by atoms with Gasteiger partial charge in [-0.1, -0.05) is 30.3 Å². The highest BCUT2D eigenvalue weighted by molar-refractivity contribution is 7.14. The number of anilines is 1. The molecule has 0 bridgehead atoms. The summed E-state index contributed by atoms with van der Waals surface area (Å²) in [4.78, 5) is 30.8. The molecule has 2 aromatic rings. The van der Waals surface area contributed by atoms with Crippen LogP contribution in [0.5, 0.6) is 0 Å². The van der Waals surface area contributed by atoms with Crippen LogP contribution in [0.15, 0.2) is 35.7 Å². The van der Waals surface area contributed by atoms with Crippen LogP contribution in [0.25, 0.3) is 0 Å². The highest BCUT2D eigenvalue weighted by Crippen LogP contribution is 2.16. The lowest BCUT2D eigenvalue weighted by molar-refractivity contribution is -0.116. The molecular weight excluding hydrogens is 350 g/mol. The van der Waals surface area contributed by atoms with Crippen molar-refractivity contribution in [2.75, 3.05) is 38.5 Å². The van der Waals surface area contributed by atoms with Gasteiger partial charge in [-0.05, 0) is 19.0 Å². The molecule has 8 heteroatoms. The molecule has 7 nitrogen and oxygen atoms in total. The van der Waals surface area contributed by atoms with Crippen LogP contribution in [0, 0.1) is 0 Å². The monoisotopic (exact) mass is 373 g/mol. The van der Waals surface area contributed by atoms with Crippen LogP contribution < -0.4 is 10.7 Å². The van der Waals surface area contributed by atoms with E-state index in [1.165, 1.54) is 11.3 Å². The summed E-state index contributed by atoms with van der Waals surface area (Å²) in [5.74, 6) is -0.343. The maximum atomic E-state index is 12.3. The molecule has 1 aromatic heterocycles. The van der Waals surface area contributed by atoms with Gasteiger partial charge in [0.25, 0.3) is 5.91 Å². The van der Waals surface area contributed by atoms with Crippen LogP contribution in [0.2, 0.25) is 0 Å². The zero-order valence-corrected chi connectivity index (χ0v) is 15.6. The van der Waals surface area contributed by atoms with Crippen LogP contribution in [0.1, 0.15) is 22.5 Å². The SMILES string of the molecule is CN1CCN(NC(=O)c2csc(NC(=O)CCc3ccccc3)n2)CC1. The molecule has 2 heterocycles. The molecule has 1 aromatic carbocycles. The summed E-state index contributed by atoms with van der Waals surface area (Å²) in [5, 5.41) is 6.78. The second-order valence-corrected chi connectivity index (χ2v) is 7.16. The Labute approximate surface area is 157 Å². The predicted molar refractivity (Wildman–Crippen MR) is 102 cm³/mol. The molecule has 1 fully saturated rings. The average Bonchev–Trinajstić information content (AvgIpc) is 3.11. The summed E-state index contributed by atoms with van der Waals surface area (Å²) >= 11 is 1.26. The first-order valence-corrected chi connectivity index (χ1v) is 9.52. The fraction of sp³-hybridized carbons (Fsp3) is 0.389. The van der Waals surface area contributed by atoms with Crippen molar-refractivity contribution in [1.29, 1.82) is 0 Å². The van der Waals surface area contributed by atoms with E-state index in [2.05, 4.69) is 27.7 Å². The Bertz CT molecular complexity index is 741. The quantitative estimate of drug-likeness (QED) is 0.804. The fourth-order valence-electron chi connectivity index (χ4n) is 2.64. The Morgan fingerprint density at radius 3 is 2.62 bits per heavy atom. The van der Waals surface area contributed by atoms with Crippen molar-refractivity contribution >= 4 is 28.3 Å². The van der Waals surface area contributed by atoms with E-state index in [1.54, 1.807) is 5.38 Å². The van der Waals surface area contributed by atoms with Gasteiger partial charge in [0, 0.05) is 38.0 Å². The highest BCUT2D eigenvalue weighted by atomic mass is 32.1. The van der Waals surface area contributed by atoms with Crippen LogP contribution in [-0.4, -0.2) is 59.9 Å². The number of nitrogens with zero attached hydrogens (tertiary/aromatic N) is 3. The standard InChI is InChI=1S/C18H23N5O2S/c1-22-9-11-23(12-10-22)21-17(25)15-13-26-18(19-15)20-16(24)8-7-14-5-3-2-4-6-14/h2-6,13H,7-12H2,1H3,(H,21,25)(H,19,20,24). The minimum absolute atomic E-state index is 0.103. The fourth-order valence-corrected chi connectivity index (χ4v) is 3.35. The van der Waals surface area contributed by atoms with E-state index >= 15 is 0 Å². The average molecular weight is 373 g/mol. The van der Waals surface area contributed by atoms with Gasteiger partial charge in [0.15, 0.2) is 5.13 Å². The number of hydrogen-bond acceptors (Lipinski definition) is 6. The third-order valence-electron chi connectivity index (χ3n) is 4.23. The van der Waals surface area contributed by atoms with Crippen molar-refractivity contribution in [2.45, 2.75) is 12.8 Å². The Kier molecular flexibility index (Phi) is 6.32. The van der Waals surface area contributed by atoms with Gasteiger partial charge in [-0.3, -0.25) is 15.0 Å². The number of nitrogens with one attached hydrogen (secondary N) is 2. The zero-order chi connectivity index (χ0) is 18.4. The number of likely N-dealkylation sites (N-methyl/N-ethyl adjacent to an activating group) is 1. The molecule has 3 rings (SSSR count). The normalized spacial score (nSPS) is 15.6. The molecular formula is C18H23N5O2S. The summed E-state index contributed by atoms with van der Waals surface area (Å²) in [5.41, 5.74) is 4.31. The minimum Gasteiger partial charge on any atom is -0.304 e. The first-order chi connectivity index (χ1) is 12.6. The van der Waals surface area contributed by atoms with Crippen LogP contribution in [0.4, 0.5) is 5.13 Å². The number of carbonyl (C=O) groups excluding carboxylic acids is 2. The molecule has 0 radical (unpaired) electrons. The third-order valence-corrected chi connectivity index (χ3v) is 4.99. The molecule has 2 N–H and O–H groups in total. The minimum atomic E-state index is -0.240. The Balaban J connectivity index is 1.46. The van der Waals surface area contributed by atoms with Crippen molar-refractivity contribution in [3.63, 3.8) is 0 Å². The Hall–Kier alpha value is -2.29. The second-order valence-electron chi connectivity index (χ2n) is 6.30. The number of rotatable bonds is 6. The second kappa shape index (κ2) is 8.88. The molecule has 2 amide bonds. The van der Waals surface area contributed by atoms with E-state index < -0.39 is 0 Å². The zero-order valence-electron chi connectivity index (χ0n) is 14.8. The summed E-state index contributed by atoms with van der Waals surface area (Å²) < 4.78 is 0. The van der Waals surface area contributed by atoms with Crippen molar-refractivity contribution < 1.29 is 9.59 Å². The van der Waals surface area contributed by atoms with Crippen LogP contribution >= 0.6 is 11.3 Å². The topological polar surface area (TPSA) is 77.6 Å². The van der Waals surface area contributed by atoms with E-state index in [9.17, 15) is 9.59 Å². The summed E-state index contributed by atoms with van der Waals surface area (Å²) in [6.45, 7) is 3.41. The number of hydrazine groups is 1. The molecule has 0 spiro atoms. The lowest BCUT2D eigenvalue weighted by Gasteiger charge is -2.32. The number of hydrogen-bond donors (Lipinski definition) is 2. The molecule has 26 heavy (non-hydrogen) atoms. The lowest BCUT2D eigenvalue weighted by Crippen LogP contribution is -2.52. The van der Waals surface area contributed by atoms with Crippen LogP contribution in [0.3, 0.4) is 0 Å². The highest BCUT2D eigenvalue weighted by Gasteiger charge is 2.18. The first kappa shape index (κ1) is 18.5. The van der Waals surface area contributed by atoms with Gasteiger partial charge in [0.1, 0.15) is 5.69 Å². The maximum absolute atomic E-state index is 12.3. The number of piperazine rings is 1. The number of aryl methyl sites for hydroxylation is 1. The number of amides is 2. The third kappa shape index (κ3) is 5.35. The van der Waals surface area contributed by atoms with E-state index in [1.807, 2.05) is 35.3 Å². The van der Waals surface area contributed by atoms with E-state index in [-0.39, 0.29) is 11.8 Å².